The first kappa shape index (κ1) is 15.8. The maximum absolute atomic E-state index is 9.36. The zero-order valence-corrected chi connectivity index (χ0v) is 13.5. The molecule has 0 spiro atoms. The summed E-state index contributed by atoms with van der Waals surface area (Å²) < 4.78 is 0. The minimum Gasteiger partial charge on any atom is -0.300 e. The lowest BCUT2D eigenvalue weighted by Crippen LogP contribution is -2.42. The Labute approximate surface area is 124 Å². The molecule has 114 valence electrons. The molecule has 1 unspecified atom stereocenters. The molecule has 0 aromatic heterocycles. The quantitative estimate of drug-likeness (QED) is 0.623. The molecule has 2 fully saturated rings. The Morgan fingerprint density at radius 1 is 1.25 bits per heavy atom. The molecule has 0 amide bonds. The molecule has 3 heteroatoms. The van der Waals surface area contributed by atoms with Crippen LogP contribution in [0.4, 0.5) is 0 Å². The fourth-order valence-corrected chi connectivity index (χ4v) is 2.96. The molecule has 2 rings (SSSR count). The predicted molar refractivity (Wildman–Crippen MR) is 83.5 cm³/mol. The monoisotopic (exact) mass is 277 g/mol. The molecular formula is C17H31N3. The van der Waals surface area contributed by atoms with Crippen molar-refractivity contribution < 1.29 is 0 Å². The standard InChI is InChI=1S/C17H31N3/c1-14(2)12-20(16-8-9-16)11-5-4-10-17(3,13-18)19-15-6-7-15/h14-16,19H,4-12H2,1-3H3. The Kier molecular flexibility index (Phi) is 5.46. The lowest BCUT2D eigenvalue weighted by atomic mass is 9.96. The third kappa shape index (κ3) is 5.42. The van der Waals surface area contributed by atoms with Crippen LogP contribution >= 0.6 is 0 Å². The second-order valence-corrected chi connectivity index (χ2v) is 7.44. The Hall–Kier alpha value is -0.590. The first-order valence-electron chi connectivity index (χ1n) is 8.45. The molecule has 2 aliphatic rings. The van der Waals surface area contributed by atoms with E-state index in [2.05, 4.69) is 37.1 Å². The molecule has 0 radical (unpaired) electrons. The van der Waals surface area contributed by atoms with Gasteiger partial charge in [0.2, 0.25) is 0 Å². The van der Waals surface area contributed by atoms with E-state index < -0.39 is 0 Å². The normalized spacial score (nSPS) is 22.0. The van der Waals surface area contributed by atoms with Gasteiger partial charge in [-0.15, -0.1) is 0 Å². The zero-order valence-electron chi connectivity index (χ0n) is 13.5. The maximum atomic E-state index is 9.36. The van der Waals surface area contributed by atoms with Gasteiger partial charge in [-0.3, -0.25) is 5.32 Å². The van der Waals surface area contributed by atoms with Gasteiger partial charge in [0.25, 0.3) is 0 Å². The molecule has 0 aromatic carbocycles. The largest absolute Gasteiger partial charge is 0.300 e. The molecule has 0 aliphatic heterocycles. The molecule has 0 saturated heterocycles. The lowest BCUT2D eigenvalue weighted by molar-refractivity contribution is 0.226. The summed E-state index contributed by atoms with van der Waals surface area (Å²) >= 11 is 0. The summed E-state index contributed by atoms with van der Waals surface area (Å²) in [7, 11) is 0. The lowest BCUT2D eigenvalue weighted by Gasteiger charge is -2.26. The SMILES string of the molecule is CC(C)CN(CCCCC(C)(C#N)NC1CC1)C1CC1. The number of hydrogen-bond donors (Lipinski definition) is 1. The number of nitrogens with one attached hydrogen (secondary N) is 1. The molecule has 0 aromatic rings. The van der Waals surface area contributed by atoms with E-state index in [0.29, 0.717) is 6.04 Å². The summed E-state index contributed by atoms with van der Waals surface area (Å²) in [6, 6.07) is 3.96. The van der Waals surface area contributed by atoms with Crippen molar-refractivity contribution in [3.05, 3.63) is 0 Å². The number of unbranched alkanes of at least 4 members (excludes halogenated alkanes) is 1. The Morgan fingerprint density at radius 3 is 2.45 bits per heavy atom. The number of nitrogens with zero attached hydrogens (tertiary/aromatic N) is 2. The van der Waals surface area contributed by atoms with Gasteiger partial charge in [0.1, 0.15) is 5.54 Å². The molecule has 2 aliphatic carbocycles. The van der Waals surface area contributed by atoms with E-state index in [0.717, 1.165) is 24.8 Å². The molecular weight excluding hydrogens is 246 g/mol. The van der Waals surface area contributed by atoms with Crippen LogP contribution in [0.25, 0.3) is 0 Å². The van der Waals surface area contributed by atoms with Crippen molar-refractivity contribution in [2.24, 2.45) is 5.92 Å². The number of rotatable bonds is 10. The predicted octanol–water partition coefficient (Wildman–Crippen LogP) is 3.31. The maximum Gasteiger partial charge on any atom is 0.104 e. The van der Waals surface area contributed by atoms with Crippen LogP contribution < -0.4 is 5.32 Å². The zero-order chi connectivity index (χ0) is 14.6. The van der Waals surface area contributed by atoms with E-state index in [1.165, 1.54) is 45.2 Å². The van der Waals surface area contributed by atoms with Crippen molar-refractivity contribution in [3.8, 4) is 6.07 Å². The topological polar surface area (TPSA) is 39.1 Å². The average Bonchev–Trinajstić information content (AvgIpc) is 3.25. The summed E-state index contributed by atoms with van der Waals surface area (Å²) in [6.07, 6.45) is 8.66. The third-order valence-electron chi connectivity index (χ3n) is 4.38. The van der Waals surface area contributed by atoms with Crippen LogP contribution in [0.1, 0.15) is 65.7 Å². The smallest absolute Gasteiger partial charge is 0.104 e. The van der Waals surface area contributed by atoms with Crippen LogP contribution in [0, 0.1) is 17.2 Å². The van der Waals surface area contributed by atoms with Crippen LogP contribution in [0.3, 0.4) is 0 Å². The summed E-state index contributed by atoms with van der Waals surface area (Å²) in [4.78, 5) is 2.67. The van der Waals surface area contributed by atoms with Crippen molar-refractivity contribution in [1.82, 2.24) is 10.2 Å². The van der Waals surface area contributed by atoms with Gasteiger partial charge in [-0.25, -0.2) is 0 Å². The van der Waals surface area contributed by atoms with Gasteiger partial charge in [0.05, 0.1) is 6.07 Å². The molecule has 0 bridgehead atoms. The van der Waals surface area contributed by atoms with E-state index >= 15 is 0 Å². The van der Waals surface area contributed by atoms with Crippen LogP contribution in [-0.4, -0.2) is 35.6 Å². The van der Waals surface area contributed by atoms with Gasteiger partial charge in [-0.1, -0.05) is 13.8 Å². The molecule has 1 atom stereocenters. The van der Waals surface area contributed by atoms with E-state index in [-0.39, 0.29) is 5.54 Å². The van der Waals surface area contributed by atoms with Crippen molar-refractivity contribution in [3.63, 3.8) is 0 Å². The van der Waals surface area contributed by atoms with Gasteiger partial charge in [0.15, 0.2) is 0 Å². The molecule has 1 N–H and O–H groups in total. The summed E-state index contributed by atoms with van der Waals surface area (Å²) in [5.41, 5.74) is -0.302. The Balaban J connectivity index is 1.64. The molecule has 2 saturated carbocycles. The van der Waals surface area contributed by atoms with E-state index in [1.54, 1.807) is 0 Å². The first-order chi connectivity index (χ1) is 9.52. The van der Waals surface area contributed by atoms with Gasteiger partial charge in [0, 0.05) is 18.6 Å². The number of nitriles is 1. The van der Waals surface area contributed by atoms with Crippen LogP contribution in [-0.2, 0) is 0 Å². The minimum absolute atomic E-state index is 0.302. The van der Waals surface area contributed by atoms with Gasteiger partial charge < -0.3 is 4.90 Å². The highest BCUT2D eigenvalue weighted by atomic mass is 15.2. The highest BCUT2D eigenvalue weighted by Gasteiger charge is 2.32. The molecule has 20 heavy (non-hydrogen) atoms. The summed E-state index contributed by atoms with van der Waals surface area (Å²) in [6.45, 7) is 9.13. The van der Waals surface area contributed by atoms with Crippen molar-refractivity contribution in [2.75, 3.05) is 13.1 Å². The van der Waals surface area contributed by atoms with Gasteiger partial charge >= 0.3 is 0 Å². The van der Waals surface area contributed by atoms with Crippen LogP contribution in [0.2, 0.25) is 0 Å². The average molecular weight is 277 g/mol. The second kappa shape index (κ2) is 6.91. The first-order valence-corrected chi connectivity index (χ1v) is 8.45. The van der Waals surface area contributed by atoms with Crippen molar-refractivity contribution >= 4 is 0 Å². The van der Waals surface area contributed by atoms with E-state index in [1.807, 2.05) is 0 Å². The number of hydrogen-bond acceptors (Lipinski definition) is 3. The fraction of sp³-hybridized carbons (Fsp3) is 0.941. The van der Waals surface area contributed by atoms with Crippen molar-refractivity contribution in [2.45, 2.75) is 83.3 Å². The van der Waals surface area contributed by atoms with Crippen LogP contribution in [0.5, 0.6) is 0 Å². The highest BCUT2D eigenvalue weighted by Crippen LogP contribution is 2.28. The molecule has 0 heterocycles. The molecule has 3 nitrogen and oxygen atoms in total. The minimum atomic E-state index is -0.302. The van der Waals surface area contributed by atoms with E-state index in [9.17, 15) is 5.26 Å². The van der Waals surface area contributed by atoms with Crippen LogP contribution in [0.15, 0.2) is 0 Å². The van der Waals surface area contributed by atoms with Gasteiger partial charge in [-0.05, 0) is 64.3 Å². The third-order valence-corrected chi connectivity index (χ3v) is 4.38. The van der Waals surface area contributed by atoms with Gasteiger partial charge in [-0.2, -0.15) is 5.26 Å². The summed E-state index contributed by atoms with van der Waals surface area (Å²) in [5.74, 6) is 0.761. The fourth-order valence-electron chi connectivity index (χ4n) is 2.96. The Morgan fingerprint density at radius 2 is 1.95 bits per heavy atom. The second-order valence-electron chi connectivity index (χ2n) is 7.44. The highest BCUT2D eigenvalue weighted by molar-refractivity contribution is 5.06. The van der Waals surface area contributed by atoms with E-state index in [4.69, 9.17) is 0 Å². The Bertz CT molecular complexity index is 339. The van der Waals surface area contributed by atoms with Crippen molar-refractivity contribution in [1.29, 1.82) is 5.26 Å². The summed E-state index contributed by atoms with van der Waals surface area (Å²) in [5, 5.41) is 12.9.